The van der Waals surface area contributed by atoms with Crippen molar-refractivity contribution in [3.8, 4) is 0 Å². The first kappa shape index (κ1) is 57.6. The SMILES string of the molecule is CCCCCCCCCC(CCCCCCCCC)C(=O)OCCN(CCOC(=O)C(CCCCCCCCC)CCCCCCCCC)C(=O)CC(Cc1ccccc1)NC.[HH]. The average Bonchev–Trinajstić information content (AvgIpc) is 3.28. The standard InChI is InChI=1S/C55H100N2O5.H2/c1-6-10-14-18-22-26-33-39-50(40-34-27-23-19-15-11-7-2)54(59)61-45-43-57(53(58)48-52(56-5)47-49-37-31-30-32-38-49)44-46-62-55(60)51(41-35-28-24-20-16-12-8-3)42-36-29-25-21-17-13-9-4;/h30-32,37-38,50-52,56H,6-29,33-36,39-48H2,1-5H3;1H. The smallest absolute Gasteiger partial charge is 0.308 e. The van der Waals surface area contributed by atoms with E-state index in [0.717, 1.165) is 57.8 Å². The molecule has 1 rings (SSSR count). The molecule has 0 saturated carbocycles. The van der Waals surface area contributed by atoms with Crippen molar-refractivity contribution >= 4 is 17.8 Å². The molecule has 1 unspecified atom stereocenters. The van der Waals surface area contributed by atoms with Crippen LogP contribution in [0.4, 0.5) is 0 Å². The largest absolute Gasteiger partial charge is 0.464 e. The number of ether oxygens (including phenoxy) is 2. The minimum Gasteiger partial charge on any atom is -0.464 e. The highest BCUT2D eigenvalue weighted by atomic mass is 16.5. The minimum absolute atomic E-state index is 0. The lowest BCUT2D eigenvalue weighted by Gasteiger charge is -2.26. The summed E-state index contributed by atoms with van der Waals surface area (Å²) in [6.45, 7) is 9.92. The van der Waals surface area contributed by atoms with Crippen molar-refractivity contribution < 1.29 is 25.3 Å². The Labute approximate surface area is 385 Å². The van der Waals surface area contributed by atoms with Gasteiger partial charge >= 0.3 is 11.9 Å². The molecule has 362 valence electrons. The van der Waals surface area contributed by atoms with Crippen molar-refractivity contribution in [3.63, 3.8) is 0 Å². The van der Waals surface area contributed by atoms with E-state index in [-0.39, 0.29) is 50.4 Å². The lowest BCUT2D eigenvalue weighted by Crippen LogP contribution is -2.42. The molecule has 1 atom stereocenters. The van der Waals surface area contributed by atoms with Gasteiger partial charge in [0, 0.05) is 13.9 Å². The number of hydrogen-bond acceptors (Lipinski definition) is 6. The van der Waals surface area contributed by atoms with Gasteiger partial charge < -0.3 is 19.7 Å². The van der Waals surface area contributed by atoms with Gasteiger partial charge in [-0.1, -0.05) is 238 Å². The lowest BCUT2D eigenvalue weighted by molar-refractivity contribution is -0.152. The number of benzene rings is 1. The van der Waals surface area contributed by atoms with Gasteiger partial charge in [-0.15, -0.1) is 0 Å². The number of amides is 1. The predicted octanol–water partition coefficient (Wildman–Crippen LogP) is 15.2. The molecule has 0 aromatic heterocycles. The van der Waals surface area contributed by atoms with E-state index in [1.54, 1.807) is 4.90 Å². The number of nitrogens with zero attached hydrogens (tertiary/aromatic N) is 1. The van der Waals surface area contributed by atoms with Gasteiger partial charge in [0.2, 0.25) is 5.91 Å². The zero-order valence-corrected chi connectivity index (χ0v) is 41.5. The number of nitrogens with one attached hydrogen (secondary N) is 1. The number of likely N-dealkylation sites (N-methyl/N-ethyl adjacent to an activating group) is 1. The second-order valence-corrected chi connectivity index (χ2v) is 18.6. The molecule has 0 aliphatic heterocycles. The number of rotatable bonds is 45. The van der Waals surface area contributed by atoms with Crippen molar-refractivity contribution in [2.24, 2.45) is 11.8 Å². The second kappa shape index (κ2) is 42.5. The van der Waals surface area contributed by atoms with Crippen molar-refractivity contribution in [1.29, 1.82) is 0 Å². The Bertz CT molecular complexity index is 1070. The van der Waals surface area contributed by atoms with Crippen molar-refractivity contribution in [3.05, 3.63) is 35.9 Å². The molecule has 0 spiro atoms. The van der Waals surface area contributed by atoms with Crippen LogP contribution in [0.5, 0.6) is 0 Å². The first-order valence-electron chi connectivity index (χ1n) is 26.7. The van der Waals surface area contributed by atoms with Crippen LogP contribution in [0, 0.1) is 11.8 Å². The molecule has 0 fully saturated rings. The number of esters is 2. The summed E-state index contributed by atoms with van der Waals surface area (Å²) in [6, 6.07) is 10.2. The van der Waals surface area contributed by atoms with Crippen LogP contribution < -0.4 is 5.32 Å². The molecule has 7 nitrogen and oxygen atoms in total. The van der Waals surface area contributed by atoms with E-state index in [1.165, 1.54) is 160 Å². The Hall–Kier alpha value is -2.41. The lowest BCUT2D eigenvalue weighted by atomic mass is 9.94. The Morgan fingerprint density at radius 3 is 1.15 bits per heavy atom. The Morgan fingerprint density at radius 2 is 0.823 bits per heavy atom. The van der Waals surface area contributed by atoms with Gasteiger partial charge in [-0.2, -0.15) is 0 Å². The monoisotopic (exact) mass is 871 g/mol. The Kier molecular flexibility index (Phi) is 39.5. The number of unbranched alkanes of at least 4 members (excludes halogenated alkanes) is 24. The fourth-order valence-electron chi connectivity index (χ4n) is 8.78. The molecule has 62 heavy (non-hydrogen) atoms. The molecule has 0 radical (unpaired) electrons. The topological polar surface area (TPSA) is 84.9 Å². The Morgan fingerprint density at radius 1 is 0.500 bits per heavy atom. The van der Waals surface area contributed by atoms with Gasteiger partial charge in [0.15, 0.2) is 0 Å². The van der Waals surface area contributed by atoms with Gasteiger partial charge in [0.25, 0.3) is 0 Å². The minimum atomic E-state index is -0.114. The Balaban J connectivity index is 0.0000384. The normalized spacial score (nSPS) is 12.0. The van der Waals surface area contributed by atoms with E-state index in [9.17, 15) is 14.4 Å². The highest BCUT2D eigenvalue weighted by Gasteiger charge is 2.24. The molecule has 0 aliphatic carbocycles. The molecule has 1 aromatic rings. The zero-order chi connectivity index (χ0) is 45.1. The molecular formula is C55H102N2O5. The summed E-state index contributed by atoms with van der Waals surface area (Å²) in [7, 11) is 1.90. The highest BCUT2D eigenvalue weighted by Crippen LogP contribution is 2.23. The van der Waals surface area contributed by atoms with Crippen molar-refractivity contribution in [2.75, 3.05) is 33.4 Å². The third kappa shape index (κ3) is 32.3. The highest BCUT2D eigenvalue weighted by molar-refractivity contribution is 5.77. The number of hydrogen-bond donors (Lipinski definition) is 1. The van der Waals surface area contributed by atoms with Gasteiger partial charge in [0.05, 0.1) is 24.9 Å². The fourth-order valence-corrected chi connectivity index (χ4v) is 8.78. The third-order valence-electron chi connectivity index (χ3n) is 13.0. The average molecular weight is 871 g/mol. The van der Waals surface area contributed by atoms with Gasteiger partial charge in [-0.05, 0) is 44.7 Å². The molecule has 1 N–H and O–H groups in total. The molecule has 7 heteroatoms. The molecular weight excluding hydrogens is 769 g/mol. The van der Waals surface area contributed by atoms with E-state index in [1.807, 2.05) is 25.2 Å². The summed E-state index contributed by atoms with van der Waals surface area (Å²) in [6.07, 6.45) is 38.9. The maximum absolute atomic E-state index is 14.0. The number of carbonyl (C=O) groups is 3. The first-order valence-corrected chi connectivity index (χ1v) is 26.7. The van der Waals surface area contributed by atoms with Crippen LogP contribution in [0.15, 0.2) is 30.3 Å². The van der Waals surface area contributed by atoms with Crippen LogP contribution in [-0.4, -0.2) is 62.1 Å². The van der Waals surface area contributed by atoms with E-state index in [4.69, 9.17) is 9.47 Å². The summed E-state index contributed by atoms with van der Waals surface area (Å²) in [5.74, 6) is -0.419. The van der Waals surface area contributed by atoms with Crippen LogP contribution in [0.3, 0.4) is 0 Å². The molecule has 0 saturated heterocycles. The summed E-state index contributed by atoms with van der Waals surface area (Å²) < 4.78 is 12.0. The van der Waals surface area contributed by atoms with E-state index < -0.39 is 0 Å². The quantitative estimate of drug-likeness (QED) is 0.0519. The maximum Gasteiger partial charge on any atom is 0.308 e. The third-order valence-corrected chi connectivity index (χ3v) is 13.0. The van der Waals surface area contributed by atoms with Gasteiger partial charge in [-0.3, -0.25) is 14.4 Å². The molecule has 0 aliphatic rings. The van der Waals surface area contributed by atoms with Crippen LogP contribution in [0.25, 0.3) is 0 Å². The van der Waals surface area contributed by atoms with Crippen molar-refractivity contribution in [2.45, 2.75) is 252 Å². The van der Waals surface area contributed by atoms with Crippen LogP contribution in [-0.2, 0) is 30.3 Å². The molecule has 1 aromatic carbocycles. The molecule has 0 heterocycles. The van der Waals surface area contributed by atoms with E-state index in [0.29, 0.717) is 19.5 Å². The summed E-state index contributed by atoms with van der Waals surface area (Å²) in [5.41, 5.74) is 1.18. The van der Waals surface area contributed by atoms with Crippen LogP contribution in [0.2, 0.25) is 0 Å². The fraction of sp³-hybridized carbons (Fsp3) is 0.836. The van der Waals surface area contributed by atoms with Gasteiger partial charge in [0.1, 0.15) is 13.2 Å². The molecule has 1 amide bonds. The predicted molar refractivity (Wildman–Crippen MR) is 266 cm³/mol. The zero-order valence-electron chi connectivity index (χ0n) is 41.5. The van der Waals surface area contributed by atoms with E-state index in [2.05, 4.69) is 45.1 Å². The first-order chi connectivity index (χ1) is 30.4. The number of carbonyl (C=O) groups excluding carboxylic acids is 3. The van der Waals surface area contributed by atoms with Gasteiger partial charge in [-0.25, -0.2) is 0 Å². The van der Waals surface area contributed by atoms with Crippen LogP contribution >= 0.6 is 0 Å². The maximum atomic E-state index is 14.0. The summed E-state index contributed by atoms with van der Waals surface area (Å²) in [4.78, 5) is 43.1. The molecule has 0 bridgehead atoms. The summed E-state index contributed by atoms with van der Waals surface area (Å²) >= 11 is 0. The van der Waals surface area contributed by atoms with Crippen LogP contribution in [0.1, 0.15) is 247 Å². The second-order valence-electron chi connectivity index (χ2n) is 18.6. The van der Waals surface area contributed by atoms with E-state index >= 15 is 0 Å². The van der Waals surface area contributed by atoms with Crippen molar-refractivity contribution in [1.82, 2.24) is 10.2 Å². The summed E-state index contributed by atoms with van der Waals surface area (Å²) in [5, 5.41) is 3.35.